The number of carbonyl (C=O) groups is 1. The van der Waals surface area contributed by atoms with Gasteiger partial charge in [-0.3, -0.25) is 14.3 Å². The third kappa shape index (κ3) is 5.73. The first kappa shape index (κ1) is 27.0. The highest BCUT2D eigenvalue weighted by molar-refractivity contribution is 5.87. The first-order valence-corrected chi connectivity index (χ1v) is 14.1. The van der Waals surface area contributed by atoms with E-state index in [1.807, 2.05) is 18.7 Å². The van der Waals surface area contributed by atoms with Gasteiger partial charge in [0, 0.05) is 50.7 Å². The van der Waals surface area contributed by atoms with Gasteiger partial charge in [0.05, 0.1) is 11.4 Å². The minimum Gasteiger partial charge on any atom is -0.348 e. The highest BCUT2D eigenvalue weighted by Gasteiger charge is 2.33. The summed E-state index contributed by atoms with van der Waals surface area (Å²) in [6.07, 6.45) is 9.75. The lowest BCUT2D eigenvalue weighted by molar-refractivity contribution is -0.128. The summed E-state index contributed by atoms with van der Waals surface area (Å²) in [5.41, 5.74) is 2.76. The topological polar surface area (TPSA) is 96.3 Å². The predicted octanol–water partition coefficient (Wildman–Crippen LogP) is 4.50. The molecular formula is C30H39N7O2. The van der Waals surface area contributed by atoms with Crippen molar-refractivity contribution in [1.29, 1.82) is 0 Å². The highest BCUT2D eigenvalue weighted by atomic mass is 16.2. The van der Waals surface area contributed by atoms with Crippen molar-refractivity contribution in [3.05, 3.63) is 70.9 Å². The normalized spacial score (nSPS) is 18.4. The van der Waals surface area contributed by atoms with Crippen molar-refractivity contribution in [3.63, 3.8) is 0 Å². The lowest BCUT2D eigenvalue weighted by Crippen LogP contribution is -2.50. The number of aromatic nitrogens is 4. The first-order chi connectivity index (χ1) is 18.9. The van der Waals surface area contributed by atoms with E-state index in [1.54, 1.807) is 10.8 Å². The number of rotatable bonds is 8. The number of carbonyl (C=O) groups excluding carboxylic acids is 1. The van der Waals surface area contributed by atoms with Gasteiger partial charge in [-0.15, -0.1) is 0 Å². The molecule has 2 atom stereocenters. The van der Waals surface area contributed by atoms with Crippen molar-refractivity contribution in [2.45, 2.75) is 64.6 Å². The van der Waals surface area contributed by atoms with E-state index >= 15 is 0 Å². The van der Waals surface area contributed by atoms with Crippen LogP contribution in [0.15, 0.2) is 54.1 Å². The largest absolute Gasteiger partial charge is 0.349 e. The number of nitrogens with zero attached hydrogens (tertiary/aromatic N) is 6. The van der Waals surface area contributed by atoms with E-state index in [4.69, 9.17) is 0 Å². The maximum absolute atomic E-state index is 12.3. The molecule has 1 aliphatic heterocycles. The van der Waals surface area contributed by atoms with Gasteiger partial charge in [-0.2, -0.15) is 4.98 Å². The molecule has 206 valence electrons. The first-order valence-electron chi connectivity index (χ1n) is 14.1. The fourth-order valence-electron chi connectivity index (χ4n) is 6.14. The number of benzene rings is 1. The Balaban J connectivity index is 1.33. The fraction of sp³-hybridized carbons (Fsp3) is 0.500. The number of hydrogen-bond acceptors (Lipinski definition) is 7. The van der Waals surface area contributed by atoms with Gasteiger partial charge in [0.1, 0.15) is 0 Å². The molecule has 1 N–H and O–H groups in total. The van der Waals surface area contributed by atoms with Crippen LogP contribution in [0, 0.1) is 5.92 Å². The van der Waals surface area contributed by atoms with Gasteiger partial charge in [-0.1, -0.05) is 43.7 Å². The molecule has 0 radical (unpaired) electrons. The average Bonchev–Trinajstić information content (AvgIpc) is 3.47. The molecule has 3 heterocycles. The van der Waals surface area contributed by atoms with Crippen molar-refractivity contribution in [3.8, 4) is 0 Å². The smallest absolute Gasteiger partial charge is 0.348 e. The maximum Gasteiger partial charge on any atom is 0.349 e. The van der Waals surface area contributed by atoms with E-state index in [1.165, 1.54) is 43.5 Å². The second-order valence-electron chi connectivity index (χ2n) is 11.1. The summed E-state index contributed by atoms with van der Waals surface area (Å²) < 4.78 is 1.60. The Morgan fingerprint density at radius 2 is 1.64 bits per heavy atom. The summed E-state index contributed by atoms with van der Waals surface area (Å²) >= 11 is 0. The molecule has 1 saturated carbocycles. The number of anilines is 1. The predicted molar refractivity (Wildman–Crippen MR) is 154 cm³/mol. The molecular weight excluding hydrogens is 490 g/mol. The Morgan fingerprint density at radius 1 is 1.00 bits per heavy atom. The molecule has 0 spiro atoms. The summed E-state index contributed by atoms with van der Waals surface area (Å²) in [7, 11) is 0. The number of fused-ring (bicyclic) bond motifs is 1. The zero-order valence-electron chi connectivity index (χ0n) is 23.2. The van der Waals surface area contributed by atoms with Crippen LogP contribution in [-0.2, 0) is 4.79 Å². The number of piperazine rings is 1. The van der Waals surface area contributed by atoms with Gasteiger partial charge in [0.25, 0.3) is 0 Å². The third-order valence-electron chi connectivity index (χ3n) is 8.22. The van der Waals surface area contributed by atoms with Crippen molar-refractivity contribution in [1.82, 2.24) is 29.3 Å². The maximum atomic E-state index is 12.3. The fourth-order valence-corrected chi connectivity index (χ4v) is 6.14. The third-order valence-corrected chi connectivity index (χ3v) is 8.22. The van der Waals surface area contributed by atoms with Crippen LogP contribution >= 0.6 is 0 Å². The summed E-state index contributed by atoms with van der Waals surface area (Å²) in [6, 6.07) is 9.22. The van der Waals surface area contributed by atoms with Gasteiger partial charge in [-0.25, -0.2) is 14.8 Å². The molecule has 1 saturated heterocycles. The summed E-state index contributed by atoms with van der Waals surface area (Å²) in [5, 5.41) is 4.14. The Kier molecular flexibility index (Phi) is 8.07. The number of hydrogen-bond donors (Lipinski definition) is 1. The summed E-state index contributed by atoms with van der Waals surface area (Å²) in [6.45, 7) is 12.9. The van der Waals surface area contributed by atoms with E-state index in [-0.39, 0.29) is 23.7 Å². The minimum absolute atomic E-state index is 0.0176. The Morgan fingerprint density at radius 3 is 2.28 bits per heavy atom. The second-order valence-corrected chi connectivity index (χ2v) is 11.1. The van der Waals surface area contributed by atoms with E-state index in [0.29, 0.717) is 23.6 Å². The molecule has 39 heavy (non-hydrogen) atoms. The van der Waals surface area contributed by atoms with Gasteiger partial charge < -0.3 is 10.2 Å². The molecule has 2 aromatic heterocycles. The Hall–Kier alpha value is -3.59. The van der Waals surface area contributed by atoms with Crippen LogP contribution in [0.2, 0.25) is 0 Å². The molecule has 9 nitrogen and oxygen atoms in total. The van der Waals surface area contributed by atoms with Crippen LogP contribution in [0.25, 0.3) is 11.0 Å². The zero-order chi connectivity index (χ0) is 27.5. The molecule has 2 fully saturated rings. The minimum atomic E-state index is -0.309. The number of nitrogens with one attached hydrogen (secondary N) is 1. The van der Waals surface area contributed by atoms with Gasteiger partial charge in [0.2, 0.25) is 11.9 Å². The van der Waals surface area contributed by atoms with Crippen LogP contribution in [0.5, 0.6) is 0 Å². The molecule has 1 unspecified atom stereocenters. The molecule has 0 bridgehead atoms. The van der Waals surface area contributed by atoms with Gasteiger partial charge >= 0.3 is 5.69 Å². The van der Waals surface area contributed by atoms with Crippen LogP contribution < -0.4 is 11.0 Å². The van der Waals surface area contributed by atoms with Crippen LogP contribution in [0.4, 0.5) is 5.95 Å². The Bertz CT molecular complexity index is 1370. The molecule has 5 rings (SSSR count). The zero-order valence-corrected chi connectivity index (χ0v) is 23.2. The van der Waals surface area contributed by atoms with Gasteiger partial charge in [0.15, 0.2) is 5.65 Å². The lowest BCUT2D eigenvalue weighted by atomic mass is 9.89. The lowest BCUT2D eigenvalue weighted by Gasteiger charge is -2.41. The highest BCUT2D eigenvalue weighted by Crippen LogP contribution is 2.40. The van der Waals surface area contributed by atoms with Crippen molar-refractivity contribution < 1.29 is 4.79 Å². The standard InChI is InChI=1S/C30H39N7O2/c1-5-26(38)35-14-16-36(17-15-35)27(23-8-6-7-9-23)24-12-10-22(11-13-24)21(4)33-29-31-18-25-19-32-30(39)37(20(2)3)28(25)34-29/h5,10-13,18-21,23,27H,1,6-9,14-17H2,2-4H3,(H,31,33,34)/t21-,27?/m0/s1. The molecule has 1 amide bonds. The van der Waals surface area contributed by atoms with Crippen LogP contribution in [-0.4, -0.2) is 61.4 Å². The van der Waals surface area contributed by atoms with E-state index in [9.17, 15) is 9.59 Å². The number of amides is 1. The van der Waals surface area contributed by atoms with Crippen molar-refractivity contribution in [2.75, 3.05) is 31.5 Å². The van der Waals surface area contributed by atoms with E-state index < -0.39 is 0 Å². The SMILES string of the molecule is C=CC(=O)N1CCN(C(c2ccc([C@H](C)Nc3ncc4cnc(=O)n(C(C)C)c4n3)cc2)C2CCCC2)CC1. The molecule has 1 aromatic carbocycles. The van der Waals surface area contributed by atoms with Crippen LogP contribution in [0.3, 0.4) is 0 Å². The molecule has 3 aromatic rings. The van der Waals surface area contributed by atoms with Crippen molar-refractivity contribution >= 4 is 22.9 Å². The van der Waals surface area contributed by atoms with E-state index in [0.717, 1.165) is 37.1 Å². The molecule has 1 aliphatic carbocycles. The summed E-state index contributed by atoms with van der Waals surface area (Å²) in [4.78, 5) is 42.0. The van der Waals surface area contributed by atoms with Gasteiger partial charge in [-0.05, 0) is 56.7 Å². The monoisotopic (exact) mass is 529 g/mol. The molecule has 9 heteroatoms. The van der Waals surface area contributed by atoms with Crippen molar-refractivity contribution in [2.24, 2.45) is 5.92 Å². The average molecular weight is 530 g/mol. The van der Waals surface area contributed by atoms with Crippen LogP contribution in [0.1, 0.15) is 75.7 Å². The quantitative estimate of drug-likeness (QED) is 0.429. The Labute approximate surface area is 230 Å². The summed E-state index contributed by atoms with van der Waals surface area (Å²) in [5.74, 6) is 1.15. The van der Waals surface area contributed by atoms with E-state index in [2.05, 4.69) is 62.9 Å². The molecule has 2 aliphatic rings. The second kappa shape index (κ2) is 11.7.